The number of hydrogen-bond acceptors (Lipinski definition) is 3. The van der Waals surface area contributed by atoms with Crippen LogP contribution in [0.15, 0.2) is 18.2 Å². The second-order valence-corrected chi connectivity index (χ2v) is 5.38. The standard InChI is InChI=1S/C16H24O3/c1-11(2)8-13(4)19-10-15(17)14-7-6-12(3)9-16(14)18-5/h6-7,9,11,13H,8,10H2,1-5H3. The second kappa shape index (κ2) is 7.29. The number of methoxy groups -OCH3 is 1. The molecular formula is C16H24O3. The summed E-state index contributed by atoms with van der Waals surface area (Å²) in [5, 5.41) is 0. The Labute approximate surface area is 115 Å². The number of ether oxygens (including phenoxy) is 2. The molecule has 1 aromatic rings. The molecule has 0 aliphatic heterocycles. The van der Waals surface area contributed by atoms with Gasteiger partial charge >= 0.3 is 0 Å². The Bertz CT molecular complexity index is 424. The highest BCUT2D eigenvalue weighted by Crippen LogP contribution is 2.20. The minimum absolute atomic E-state index is 0.0348. The number of benzene rings is 1. The quantitative estimate of drug-likeness (QED) is 0.705. The first kappa shape index (κ1) is 15.7. The molecule has 0 aliphatic rings. The first-order chi connectivity index (χ1) is 8.93. The second-order valence-electron chi connectivity index (χ2n) is 5.38. The Balaban J connectivity index is 2.63. The van der Waals surface area contributed by atoms with Crippen LogP contribution in [0.5, 0.6) is 5.75 Å². The molecule has 1 unspecified atom stereocenters. The zero-order chi connectivity index (χ0) is 14.4. The predicted octanol–water partition coefficient (Wildman–Crippen LogP) is 3.64. The first-order valence-corrected chi connectivity index (χ1v) is 6.73. The van der Waals surface area contributed by atoms with Gasteiger partial charge < -0.3 is 9.47 Å². The van der Waals surface area contributed by atoms with Crippen LogP contribution in [0.1, 0.15) is 43.1 Å². The molecule has 19 heavy (non-hydrogen) atoms. The van der Waals surface area contributed by atoms with Crippen molar-refractivity contribution in [3.63, 3.8) is 0 Å². The maximum atomic E-state index is 12.1. The molecule has 0 aromatic heterocycles. The average molecular weight is 264 g/mol. The molecule has 0 fully saturated rings. The Morgan fingerprint density at radius 1 is 1.26 bits per heavy atom. The van der Waals surface area contributed by atoms with Gasteiger partial charge in [0.05, 0.1) is 18.8 Å². The number of hydrogen-bond donors (Lipinski definition) is 0. The van der Waals surface area contributed by atoms with Crippen molar-refractivity contribution in [1.82, 2.24) is 0 Å². The first-order valence-electron chi connectivity index (χ1n) is 6.73. The van der Waals surface area contributed by atoms with Crippen LogP contribution in [0, 0.1) is 12.8 Å². The largest absolute Gasteiger partial charge is 0.496 e. The van der Waals surface area contributed by atoms with Gasteiger partial charge in [-0.3, -0.25) is 4.79 Å². The summed E-state index contributed by atoms with van der Waals surface area (Å²) in [5.74, 6) is 1.15. The number of Topliss-reactive ketones (excluding diaryl/α,β-unsaturated/α-hetero) is 1. The topological polar surface area (TPSA) is 35.5 Å². The molecule has 1 atom stereocenters. The van der Waals surface area contributed by atoms with E-state index in [1.165, 1.54) is 0 Å². The van der Waals surface area contributed by atoms with Crippen molar-refractivity contribution in [3.05, 3.63) is 29.3 Å². The van der Waals surface area contributed by atoms with Crippen molar-refractivity contribution in [2.24, 2.45) is 5.92 Å². The fourth-order valence-corrected chi connectivity index (χ4v) is 2.06. The van der Waals surface area contributed by atoms with E-state index >= 15 is 0 Å². The fourth-order valence-electron chi connectivity index (χ4n) is 2.06. The van der Waals surface area contributed by atoms with Crippen molar-refractivity contribution < 1.29 is 14.3 Å². The molecule has 1 rings (SSSR count). The van der Waals surface area contributed by atoms with Gasteiger partial charge in [-0.2, -0.15) is 0 Å². The van der Waals surface area contributed by atoms with E-state index < -0.39 is 0 Å². The fraction of sp³-hybridized carbons (Fsp3) is 0.562. The lowest BCUT2D eigenvalue weighted by Crippen LogP contribution is -2.18. The van der Waals surface area contributed by atoms with Crippen LogP contribution in [0.25, 0.3) is 0 Å². The van der Waals surface area contributed by atoms with Crippen LogP contribution < -0.4 is 4.74 Å². The third kappa shape index (κ3) is 5.03. The van der Waals surface area contributed by atoms with Crippen molar-refractivity contribution in [2.45, 2.75) is 40.2 Å². The van der Waals surface area contributed by atoms with Gasteiger partial charge in [0.25, 0.3) is 0 Å². The van der Waals surface area contributed by atoms with Gasteiger partial charge in [-0.15, -0.1) is 0 Å². The van der Waals surface area contributed by atoms with E-state index in [-0.39, 0.29) is 18.5 Å². The van der Waals surface area contributed by atoms with Gasteiger partial charge in [-0.25, -0.2) is 0 Å². The summed E-state index contributed by atoms with van der Waals surface area (Å²) in [4.78, 5) is 12.1. The molecule has 106 valence electrons. The smallest absolute Gasteiger partial charge is 0.192 e. The van der Waals surface area contributed by atoms with Gasteiger partial charge in [0.15, 0.2) is 5.78 Å². The third-order valence-electron chi connectivity index (χ3n) is 2.96. The van der Waals surface area contributed by atoms with Crippen molar-refractivity contribution >= 4 is 5.78 Å². The Kier molecular flexibility index (Phi) is 6.03. The van der Waals surface area contributed by atoms with E-state index in [9.17, 15) is 4.79 Å². The van der Waals surface area contributed by atoms with Crippen molar-refractivity contribution in [3.8, 4) is 5.75 Å². The normalized spacial score (nSPS) is 12.5. The minimum Gasteiger partial charge on any atom is -0.496 e. The molecule has 0 heterocycles. The Morgan fingerprint density at radius 3 is 2.53 bits per heavy atom. The van der Waals surface area contributed by atoms with Crippen LogP contribution in [-0.2, 0) is 4.74 Å². The van der Waals surface area contributed by atoms with E-state index in [0.717, 1.165) is 12.0 Å². The highest BCUT2D eigenvalue weighted by atomic mass is 16.5. The van der Waals surface area contributed by atoms with Crippen LogP contribution in [0.2, 0.25) is 0 Å². The maximum absolute atomic E-state index is 12.1. The van der Waals surface area contributed by atoms with Gasteiger partial charge in [0, 0.05) is 0 Å². The number of rotatable bonds is 7. The highest BCUT2D eigenvalue weighted by molar-refractivity contribution is 5.99. The summed E-state index contributed by atoms with van der Waals surface area (Å²) in [5.41, 5.74) is 1.66. The zero-order valence-corrected chi connectivity index (χ0v) is 12.5. The number of carbonyl (C=O) groups is 1. The molecule has 0 saturated carbocycles. The molecule has 0 N–H and O–H groups in total. The van der Waals surface area contributed by atoms with Crippen LogP contribution >= 0.6 is 0 Å². The Morgan fingerprint density at radius 2 is 1.95 bits per heavy atom. The lowest BCUT2D eigenvalue weighted by molar-refractivity contribution is 0.0443. The molecule has 0 radical (unpaired) electrons. The molecule has 0 amide bonds. The van der Waals surface area contributed by atoms with Crippen molar-refractivity contribution in [1.29, 1.82) is 0 Å². The third-order valence-corrected chi connectivity index (χ3v) is 2.96. The number of ketones is 1. The Hall–Kier alpha value is -1.35. The summed E-state index contributed by atoms with van der Waals surface area (Å²) < 4.78 is 10.8. The summed E-state index contributed by atoms with van der Waals surface area (Å²) in [6, 6.07) is 5.57. The minimum atomic E-state index is -0.0348. The van der Waals surface area contributed by atoms with E-state index in [0.29, 0.717) is 17.2 Å². The molecule has 1 aromatic carbocycles. The molecule has 3 heteroatoms. The van der Waals surface area contributed by atoms with Gasteiger partial charge in [0.2, 0.25) is 0 Å². The van der Waals surface area contributed by atoms with Crippen molar-refractivity contribution in [2.75, 3.05) is 13.7 Å². The van der Waals surface area contributed by atoms with Crippen LogP contribution in [-0.4, -0.2) is 25.6 Å². The summed E-state index contributed by atoms with van der Waals surface area (Å²) in [6.07, 6.45) is 1.05. The van der Waals surface area contributed by atoms with E-state index in [2.05, 4.69) is 13.8 Å². The SMILES string of the molecule is COc1cc(C)ccc1C(=O)COC(C)CC(C)C. The van der Waals surface area contributed by atoms with E-state index in [4.69, 9.17) is 9.47 Å². The van der Waals surface area contributed by atoms with E-state index in [1.807, 2.05) is 26.0 Å². The number of carbonyl (C=O) groups excluding carboxylic acids is 1. The number of aryl methyl sites for hydroxylation is 1. The lowest BCUT2D eigenvalue weighted by Gasteiger charge is -2.15. The average Bonchev–Trinajstić information content (AvgIpc) is 2.34. The van der Waals surface area contributed by atoms with Gasteiger partial charge in [0.1, 0.15) is 12.4 Å². The summed E-state index contributed by atoms with van der Waals surface area (Å²) in [6.45, 7) is 8.36. The molecule has 0 saturated heterocycles. The van der Waals surface area contributed by atoms with Gasteiger partial charge in [-0.05, 0) is 43.9 Å². The summed E-state index contributed by atoms with van der Waals surface area (Å²) >= 11 is 0. The monoisotopic (exact) mass is 264 g/mol. The van der Waals surface area contributed by atoms with Crippen LogP contribution in [0.3, 0.4) is 0 Å². The molecule has 0 spiro atoms. The van der Waals surface area contributed by atoms with Gasteiger partial charge in [-0.1, -0.05) is 19.9 Å². The molecule has 0 bridgehead atoms. The highest BCUT2D eigenvalue weighted by Gasteiger charge is 2.14. The maximum Gasteiger partial charge on any atom is 0.192 e. The lowest BCUT2D eigenvalue weighted by atomic mass is 10.1. The summed E-state index contributed by atoms with van der Waals surface area (Å²) in [7, 11) is 1.58. The predicted molar refractivity (Wildman–Crippen MR) is 76.9 cm³/mol. The molecule has 0 aliphatic carbocycles. The zero-order valence-electron chi connectivity index (χ0n) is 12.5. The molecular weight excluding hydrogens is 240 g/mol. The molecule has 3 nitrogen and oxygen atoms in total. The van der Waals surface area contributed by atoms with E-state index in [1.54, 1.807) is 13.2 Å². The van der Waals surface area contributed by atoms with Crippen LogP contribution in [0.4, 0.5) is 0 Å².